The summed E-state index contributed by atoms with van der Waals surface area (Å²) in [6.45, 7) is -0.709. The highest BCUT2D eigenvalue weighted by Crippen LogP contribution is 2.30. The van der Waals surface area contributed by atoms with E-state index >= 15 is 0 Å². The molecule has 118 valence electrons. The SMILES string of the molecule is O=c1[nH]c(=O)n([C@@H]2O[C@H](CO)[C@@H](O)[C@H]2O)cc1C(F)(F)F. The van der Waals surface area contributed by atoms with Crippen molar-refractivity contribution in [2.24, 2.45) is 0 Å². The molecule has 8 nitrogen and oxygen atoms in total. The lowest BCUT2D eigenvalue weighted by molar-refractivity contribution is -0.140. The third-order valence-corrected chi connectivity index (χ3v) is 3.06. The summed E-state index contributed by atoms with van der Waals surface area (Å²) < 4.78 is 43.2. The maximum Gasteiger partial charge on any atom is 0.423 e. The number of aliphatic hydroxyl groups excluding tert-OH is 3. The molecular formula is C10H11F3N2O6. The molecule has 1 saturated heterocycles. The summed E-state index contributed by atoms with van der Waals surface area (Å²) in [5.41, 5.74) is -4.53. The molecule has 0 amide bonds. The number of aromatic nitrogens is 2. The molecule has 1 aliphatic rings. The normalized spacial score (nSPS) is 29.8. The molecule has 2 rings (SSSR count). The second-order valence-electron chi connectivity index (χ2n) is 4.44. The van der Waals surface area contributed by atoms with E-state index in [1.54, 1.807) is 0 Å². The number of nitrogens with zero attached hydrogens (tertiary/aromatic N) is 1. The second kappa shape index (κ2) is 5.26. The van der Waals surface area contributed by atoms with Crippen LogP contribution < -0.4 is 11.2 Å². The van der Waals surface area contributed by atoms with Crippen LogP contribution in [0.1, 0.15) is 11.8 Å². The topological polar surface area (TPSA) is 125 Å². The molecule has 1 fully saturated rings. The summed E-state index contributed by atoms with van der Waals surface area (Å²) in [5.74, 6) is 0. The monoisotopic (exact) mass is 312 g/mol. The molecule has 0 unspecified atom stereocenters. The van der Waals surface area contributed by atoms with Crippen LogP contribution in [-0.4, -0.2) is 49.8 Å². The molecule has 4 atom stereocenters. The Labute approximate surface area is 114 Å². The number of H-pyrrole nitrogens is 1. The van der Waals surface area contributed by atoms with Gasteiger partial charge in [0.1, 0.15) is 23.9 Å². The van der Waals surface area contributed by atoms with Crippen LogP contribution in [0.4, 0.5) is 13.2 Å². The van der Waals surface area contributed by atoms with Crippen LogP contribution in [0.5, 0.6) is 0 Å². The van der Waals surface area contributed by atoms with E-state index in [0.29, 0.717) is 4.57 Å². The van der Waals surface area contributed by atoms with E-state index in [0.717, 1.165) is 0 Å². The summed E-state index contributed by atoms with van der Waals surface area (Å²) in [6, 6.07) is 0. The highest BCUT2D eigenvalue weighted by Gasteiger charge is 2.44. The molecule has 1 aromatic heterocycles. The molecule has 0 saturated carbocycles. The van der Waals surface area contributed by atoms with Crippen molar-refractivity contribution in [1.29, 1.82) is 0 Å². The van der Waals surface area contributed by atoms with Gasteiger partial charge in [0.05, 0.1) is 6.61 Å². The Kier molecular flexibility index (Phi) is 3.93. The number of aromatic amines is 1. The van der Waals surface area contributed by atoms with E-state index in [2.05, 4.69) is 0 Å². The molecule has 0 bridgehead atoms. The maximum absolute atomic E-state index is 12.6. The van der Waals surface area contributed by atoms with Crippen LogP contribution in [-0.2, 0) is 10.9 Å². The van der Waals surface area contributed by atoms with Crippen molar-refractivity contribution in [3.05, 3.63) is 32.6 Å². The number of hydrogen-bond donors (Lipinski definition) is 4. The van der Waals surface area contributed by atoms with Crippen LogP contribution in [0, 0.1) is 0 Å². The minimum absolute atomic E-state index is 0.196. The summed E-state index contributed by atoms with van der Waals surface area (Å²) in [6.07, 6.45) is -11.1. The second-order valence-corrected chi connectivity index (χ2v) is 4.44. The average molecular weight is 312 g/mol. The van der Waals surface area contributed by atoms with Crippen LogP contribution >= 0.6 is 0 Å². The van der Waals surface area contributed by atoms with Gasteiger partial charge < -0.3 is 20.1 Å². The van der Waals surface area contributed by atoms with Crippen molar-refractivity contribution in [2.75, 3.05) is 6.61 Å². The van der Waals surface area contributed by atoms with Crippen molar-refractivity contribution in [3.63, 3.8) is 0 Å². The fourth-order valence-corrected chi connectivity index (χ4v) is 1.99. The lowest BCUT2D eigenvalue weighted by Gasteiger charge is -2.18. The van der Waals surface area contributed by atoms with Gasteiger partial charge in [-0.15, -0.1) is 0 Å². The number of rotatable bonds is 2. The lowest BCUT2D eigenvalue weighted by Crippen LogP contribution is -2.40. The predicted octanol–water partition coefficient (Wildman–Crippen LogP) is -1.83. The molecule has 0 aromatic carbocycles. The number of alkyl halides is 3. The zero-order valence-electron chi connectivity index (χ0n) is 10.2. The predicted molar refractivity (Wildman–Crippen MR) is 59.3 cm³/mol. The molecule has 0 radical (unpaired) electrons. The van der Waals surface area contributed by atoms with E-state index in [4.69, 9.17) is 9.84 Å². The highest BCUT2D eigenvalue weighted by atomic mass is 19.4. The molecule has 1 aliphatic heterocycles. The molecule has 11 heteroatoms. The zero-order chi connectivity index (χ0) is 15.9. The van der Waals surface area contributed by atoms with Gasteiger partial charge in [-0.25, -0.2) is 4.79 Å². The standard InChI is InChI=1S/C10H11F3N2O6/c11-10(12,13)3-1-15(9(20)14-7(3)19)8-6(18)5(17)4(2-16)21-8/h1,4-6,8,16-18H,2H2,(H,14,19,20)/t4-,5-,6-,8-/m1/s1. The first-order chi connectivity index (χ1) is 9.66. The summed E-state index contributed by atoms with van der Waals surface area (Å²) >= 11 is 0. The Balaban J connectivity index is 2.50. The number of hydrogen-bond acceptors (Lipinski definition) is 6. The van der Waals surface area contributed by atoms with Crippen molar-refractivity contribution in [1.82, 2.24) is 9.55 Å². The van der Waals surface area contributed by atoms with Crippen LogP contribution in [0.15, 0.2) is 15.8 Å². The van der Waals surface area contributed by atoms with Gasteiger partial charge in [0, 0.05) is 6.20 Å². The smallest absolute Gasteiger partial charge is 0.394 e. The third-order valence-electron chi connectivity index (χ3n) is 3.06. The van der Waals surface area contributed by atoms with Crippen molar-refractivity contribution < 1.29 is 33.2 Å². The van der Waals surface area contributed by atoms with Crippen molar-refractivity contribution in [2.45, 2.75) is 30.7 Å². The van der Waals surface area contributed by atoms with E-state index < -0.39 is 54.1 Å². The van der Waals surface area contributed by atoms with Gasteiger partial charge >= 0.3 is 11.9 Å². The fourth-order valence-electron chi connectivity index (χ4n) is 1.99. The Morgan fingerprint density at radius 1 is 1.29 bits per heavy atom. The minimum atomic E-state index is -5.01. The van der Waals surface area contributed by atoms with Gasteiger partial charge in [-0.3, -0.25) is 14.3 Å². The summed E-state index contributed by atoms with van der Waals surface area (Å²) in [7, 11) is 0. The molecule has 2 heterocycles. The number of halogens is 3. The van der Waals surface area contributed by atoms with Crippen LogP contribution in [0.25, 0.3) is 0 Å². The van der Waals surface area contributed by atoms with Gasteiger partial charge in [0.25, 0.3) is 5.56 Å². The van der Waals surface area contributed by atoms with Gasteiger partial charge in [0.2, 0.25) is 0 Å². The van der Waals surface area contributed by atoms with E-state index in [1.165, 1.54) is 4.98 Å². The largest absolute Gasteiger partial charge is 0.423 e. The van der Waals surface area contributed by atoms with E-state index in [-0.39, 0.29) is 6.20 Å². The minimum Gasteiger partial charge on any atom is -0.394 e. The van der Waals surface area contributed by atoms with Gasteiger partial charge in [0.15, 0.2) is 6.23 Å². The Hall–Kier alpha value is -1.69. The van der Waals surface area contributed by atoms with Gasteiger partial charge in [-0.05, 0) is 0 Å². The average Bonchev–Trinajstić information content (AvgIpc) is 2.65. The van der Waals surface area contributed by atoms with Gasteiger partial charge in [-0.2, -0.15) is 13.2 Å². The van der Waals surface area contributed by atoms with E-state index in [1.807, 2.05) is 0 Å². The first kappa shape index (κ1) is 15.7. The van der Waals surface area contributed by atoms with Crippen LogP contribution in [0.2, 0.25) is 0 Å². The maximum atomic E-state index is 12.6. The number of nitrogens with one attached hydrogen (secondary N) is 1. The Morgan fingerprint density at radius 3 is 2.38 bits per heavy atom. The Bertz CT molecular complexity index is 639. The molecule has 21 heavy (non-hydrogen) atoms. The third kappa shape index (κ3) is 2.72. The number of aliphatic hydroxyl groups is 3. The molecule has 0 aliphatic carbocycles. The molecule has 4 N–H and O–H groups in total. The van der Waals surface area contributed by atoms with Crippen molar-refractivity contribution in [3.8, 4) is 0 Å². The Morgan fingerprint density at radius 2 is 1.90 bits per heavy atom. The van der Waals surface area contributed by atoms with Gasteiger partial charge in [-0.1, -0.05) is 0 Å². The first-order valence-corrected chi connectivity index (χ1v) is 5.72. The lowest BCUT2D eigenvalue weighted by atomic mass is 10.1. The molecule has 0 spiro atoms. The molecule has 1 aromatic rings. The zero-order valence-corrected chi connectivity index (χ0v) is 10.2. The molecular weight excluding hydrogens is 301 g/mol. The quantitative estimate of drug-likeness (QED) is 0.509. The van der Waals surface area contributed by atoms with E-state index in [9.17, 15) is 33.0 Å². The fraction of sp³-hybridized carbons (Fsp3) is 0.600. The number of ether oxygens (including phenoxy) is 1. The highest BCUT2D eigenvalue weighted by molar-refractivity contribution is 5.10. The summed E-state index contributed by atoms with van der Waals surface area (Å²) in [4.78, 5) is 24.2. The summed E-state index contributed by atoms with van der Waals surface area (Å²) in [5, 5.41) is 28.1. The van der Waals surface area contributed by atoms with Crippen molar-refractivity contribution >= 4 is 0 Å². The van der Waals surface area contributed by atoms with Crippen LogP contribution in [0.3, 0.4) is 0 Å². The first-order valence-electron chi connectivity index (χ1n) is 5.72.